The summed E-state index contributed by atoms with van der Waals surface area (Å²) < 4.78 is 21.5. The Labute approximate surface area is 166 Å². The average molecular weight is 446 g/mol. The van der Waals surface area contributed by atoms with Crippen LogP contribution in [-0.2, 0) is 0 Å². The summed E-state index contributed by atoms with van der Waals surface area (Å²) in [6, 6.07) is 12.0. The van der Waals surface area contributed by atoms with Crippen molar-refractivity contribution in [1.29, 1.82) is 0 Å². The van der Waals surface area contributed by atoms with Gasteiger partial charge in [0.25, 0.3) is 5.91 Å². The number of rotatable bonds is 4. The quantitative estimate of drug-likeness (QED) is 0.468. The number of carbonyl (C=O) groups excluding carboxylic acids is 1. The Bertz CT molecular complexity index is 1140. The number of hydrogen-bond acceptors (Lipinski definition) is 4. The van der Waals surface area contributed by atoms with Crippen LogP contribution in [0.5, 0.6) is 5.75 Å². The fourth-order valence-electron chi connectivity index (χ4n) is 2.63. The Hall–Kier alpha value is -2.71. The molecule has 2 aromatic heterocycles. The second kappa shape index (κ2) is 7.13. The summed E-state index contributed by atoms with van der Waals surface area (Å²) in [5.41, 5.74) is 2.17. The van der Waals surface area contributed by atoms with Crippen molar-refractivity contribution in [3.63, 3.8) is 0 Å². The molecule has 0 saturated carbocycles. The smallest absolute Gasteiger partial charge is 0.273 e. The topological polar surface area (TPSA) is 55.6 Å². The maximum atomic E-state index is 14.0. The summed E-state index contributed by atoms with van der Waals surface area (Å²) in [6.45, 7) is 0. The molecule has 0 aliphatic carbocycles. The van der Waals surface area contributed by atoms with Gasteiger partial charge in [0.1, 0.15) is 17.3 Å². The molecule has 0 atom stereocenters. The third-order valence-electron chi connectivity index (χ3n) is 4.01. The van der Waals surface area contributed by atoms with Crippen molar-refractivity contribution in [3.8, 4) is 17.0 Å². The van der Waals surface area contributed by atoms with Gasteiger partial charge in [0.15, 0.2) is 4.96 Å². The lowest BCUT2D eigenvalue weighted by atomic mass is 10.2. The minimum Gasteiger partial charge on any atom is -0.497 e. The molecular weight excluding hydrogens is 433 g/mol. The molecule has 2 heterocycles. The van der Waals surface area contributed by atoms with Gasteiger partial charge in [-0.2, -0.15) is 0 Å². The summed E-state index contributed by atoms with van der Waals surface area (Å²) in [6.07, 6.45) is 1.79. The number of nitrogens with zero attached hydrogens (tertiary/aromatic N) is 2. The van der Waals surface area contributed by atoms with Gasteiger partial charge in [-0.25, -0.2) is 9.37 Å². The first kappa shape index (κ1) is 17.7. The molecule has 1 N–H and O–H groups in total. The summed E-state index contributed by atoms with van der Waals surface area (Å²) >= 11 is 4.54. The molecule has 0 saturated heterocycles. The average Bonchev–Trinajstić information content (AvgIpc) is 3.24. The lowest BCUT2D eigenvalue weighted by Gasteiger charge is -2.06. The van der Waals surface area contributed by atoms with Crippen LogP contribution in [0.15, 0.2) is 58.5 Å². The van der Waals surface area contributed by atoms with Gasteiger partial charge in [-0.3, -0.25) is 9.20 Å². The van der Waals surface area contributed by atoms with Gasteiger partial charge in [-0.05, 0) is 42.5 Å². The molecule has 0 fully saturated rings. The zero-order chi connectivity index (χ0) is 19.0. The number of methoxy groups -OCH3 is 1. The molecule has 136 valence electrons. The van der Waals surface area contributed by atoms with Crippen LogP contribution in [0.1, 0.15) is 10.5 Å². The van der Waals surface area contributed by atoms with Crippen molar-refractivity contribution in [2.45, 2.75) is 0 Å². The minimum atomic E-state index is -0.506. The number of aromatic nitrogens is 2. The fourth-order valence-corrected chi connectivity index (χ4v) is 3.81. The Morgan fingerprint density at radius 1 is 1.26 bits per heavy atom. The van der Waals surface area contributed by atoms with Crippen molar-refractivity contribution in [1.82, 2.24) is 9.38 Å². The van der Waals surface area contributed by atoms with Crippen molar-refractivity contribution < 1.29 is 13.9 Å². The maximum Gasteiger partial charge on any atom is 0.273 e. The van der Waals surface area contributed by atoms with E-state index in [1.807, 2.05) is 24.3 Å². The van der Waals surface area contributed by atoms with Crippen LogP contribution in [0, 0.1) is 5.82 Å². The van der Waals surface area contributed by atoms with Gasteiger partial charge in [0.2, 0.25) is 0 Å². The minimum absolute atomic E-state index is 0.123. The van der Waals surface area contributed by atoms with Crippen LogP contribution in [-0.4, -0.2) is 22.4 Å². The van der Waals surface area contributed by atoms with Crippen LogP contribution < -0.4 is 10.1 Å². The number of halogens is 2. The van der Waals surface area contributed by atoms with Crippen molar-refractivity contribution >= 4 is 43.8 Å². The summed E-state index contributed by atoms with van der Waals surface area (Å²) in [5.74, 6) is -0.147. The summed E-state index contributed by atoms with van der Waals surface area (Å²) in [7, 11) is 1.61. The number of thiazole rings is 1. The normalized spacial score (nSPS) is 10.9. The summed E-state index contributed by atoms with van der Waals surface area (Å²) in [4.78, 5) is 17.8. The van der Waals surface area contributed by atoms with E-state index in [0.717, 1.165) is 17.0 Å². The van der Waals surface area contributed by atoms with E-state index in [0.29, 0.717) is 15.1 Å². The van der Waals surface area contributed by atoms with Gasteiger partial charge in [0, 0.05) is 21.6 Å². The molecule has 4 aromatic rings. The number of ether oxygens (including phenoxy) is 1. The maximum absolute atomic E-state index is 14.0. The SMILES string of the molecule is COc1ccc(-c2cn3c(C(=O)Nc4ccc(Br)cc4F)csc3n2)cc1. The van der Waals surface area contributed by atoms with Crippen LogP contribution in [0.25, 0.3) is 16.2 Å². The molecule has 4 rings (SSSR count). The van der Waals surface area contributed by atoms with Crippen molar-refractivity contribution in [2.24, 2.45) is 0 Å². The Morgan fingerprint density at radius 3 is 2.74 bits per heavy atom. The molecule has 0 aliphatic rings. The first-order chi connectivity index (χ1) is 13.0. The molecule has 0 aliphatic heterocycles. The number of hydrogen-bond donors (Lipinski definition) is 1. The van der Waals surface area contributed by atoms with E-state index in [1.165, 1.54) is 23.5 Å². The van der Waals surface area contributed by atoms with E-state index in [2.05, 4.69) is 26.2 Å². The number of fused-ring (bicyclic) bond motifs is 1. The van der Waals surface area contributed by atoms with Crippen molar-refractivity contribution in [2.75, 3.05) is 12.4 Å². The van der Waals surface area contributed by atoms with E-state index in [9.17, 15) is 9.18 Å². The van der Waals surface area contributed by atoms with E-state index in [1.54, 1.807) is 29.2 Å². The lowest BCUT2D eigenvalue weighted by Crippen LogP contribution is -2.14. The second-order valence-corrected chi connectivity index (χ2v) is 7.46. The van der Waals surface area contributed by atoms with E-state index >= 15 is 0 Å². The highest BCUT2D eigenvalue weighted by Crippen LogP contribution is 2.26. The monoisotopic (exact) mass is 445 g/mol. The van der Waals surface area contributed by atoms with Crippen LogP contribution >= 0.6 is 27.3 Å². The Kier molecular flexibility index (Phi) is 4.67. The number of imidazole rings is 1. The predicted molar refractivity (Wildman–Crippen MR) is 107 cm³/mol. The third-order valence-corrected chi connectivity index (χ3v) is 5.34. The van der Waals surface area contributed by atoms with Gasteiger partial charge in [-0.15, -0.1) is 11.3 Å². The van der Waals surface area contributed by atoms with Gasteiger partial charge in [-0.1, -0.05) is 15.9 Å². The van der Waals surface area contributed by atoms with Gasteiger partial charge >= 0.3 is 0 Å². The first-order valence-corrected chi connectivity index (χ1v) is 9.60. The van der Waals surface area contributed by atoms with Crippen LogP contribution in [0.2, 0.25) is 0 Å². The zero-order valence-electron chi connectivity index (χ0n) is 14.1. The van der Waals surface area contributed by atoms with Crippen LogP contribution in [0.4, 0.5) is 10.1 Å². The number of benzene rings is 2. The highest BCUT2D eigenvalue weighted by molar-refractivity contribution is 9.10. The molecule has 8 heteroatoms. The van der Waals surface area contributed by atoms with Crippen LogP contribution in [0.3, 0.4) is 0 Å². The molecule has 5 nitrogen and oxygen atoms in total. The number of nitrogens with one attached hydrogen (secondary N) is 1. The second-order valence-electron chi connectivity index (χ2n) is 5.71. The number of amides is 1. The van der Waals surface area contributed by atoms with Gasteiger partial charge < -0.3 is 10.1 Å². The number of carbonyl (C=O) groups is 1. The fraction of sp³-hybridized carbons (Fsp3) is 0.0526. The molecule has 1 amide bonds. The largest absolute Gasteiger partial charge is 0.497 e. The Morgan fingerprint density at radius 2 is 2.04 bits per heavy atom. The highest BCUT2D eigenvalue weighted by Gasteiger charge is 2.17. The zero-order valence-corrected chi connectivity index (χ0v) is 16.5. The molecule has 0 unspecified atom stereocenters. The predicted octanol–water partition coefficient (Wildman–Crippen LogP) is 5.23. The third kappa shape index (κ3) is 3.45. The molecular formula is C19H13BrFN3O2S. The lowest BCUT2D eigenvalue weighted by molar-refractivity contribution is 0.102. The molecule has 2 aromatic carbocycles. The summed E-state index contributed by atoms with van der Waals surface area (Å²) in [5, 5.41) is 4.30. The Balaban J connectivity index is 1.64. The molecule has 0 radical (unpaired) electrons. The van der Waals surface area contributed by atoms with E-state index in [-0.39, 0.29) is 5.69 Å². The molecule has 27 heavy (non-hydrogen) atoms. The van der Waals surface area contributed by atoms with E-state index < -0.39 is 11.7 Å². The van der Waals surface area contributed by atoms with Gasteiger partial charge in [0.05, 0.1) is 18.5 Å². The first-order valence-electron chi connectivity index (χ1n) is 7.92. The number of anilines is 1. The molecule has 0 bridgehead atoms. The van der Waals surface area contributed by atoms with Crippen molar-refractivity contribution in [3.05, 3.63) is 70.0 Å². The molecule has 0 spiro atoms. The highest BCUT2D eigenvalue weighted by atomic mass is 79.9. The van der Waals surface area contributed by atoms with E-state index in [4.69, 9.17) is 4.74 Å². The standard InChI is InChI=1S/C19H13BrFN3O2S/c1-26-13-5-2-11(3-6-13)16-9-24-17(10-27-19(24)23-16)18(25)22-15-7-4-12(20)8-14(15)21/h2-10H,1H3,(H,22,25).